The molecule has 2 aromatic rings. The zero-order chi connectivity index (χ0) is 17.3. The number of hydrogen-bond acceptors (Lipinski definition) is 4. The van der Waals surface area contributed by atoms with Crippen molar-refractivity contribution in [2.75, 3.05) is 26.7 Å². The molecule has 2 aliphatic heterocycles. The maximum absolute atomic E-state index is 11.8. The van der Waals surface area contributed by atoms with Crippen LogP contribution in [0.3, 0.4) is 0 Å². The predicted molar refractivity (Wildman–Crippen MR) is 94.1 cm³/mol. The minimum Gasteiger partial charge on any atom is -0.440 e. The molecule has 6 heteroatoms. The molecule has 0 N–H and O–H groups in total. The van der Waals surface area contributed by atoms with Gasteiger partial charge in [0.05, 0.1) is 13.1 Å². The average molecular weight is 340 g/mol. The number of amides is 1. The third-order valence-electron chi connectivity index (χ3n) is 5.12. The van der Waals surface area contributed by atoms with Crippen molar-refractivity contribution in [2.45, 2.75) is 31.5 Å². The molecule has 1 spiro atoms. The number of likely N-dealkylation sites (tertiary alicyclic amines) is 1. The highest BCUT2D eigenvalue weighted by Crippen LogP contribution is 2.31. The van der Waals surface area contributed by atoms with Crippen LogP contribution in [0, 0.1) is 0 Å². The molecule has 2 saturated heterocycles. The molecule has 1 aromatic carbocycles. The van der Waals surface area contributed by atoms with Crippen molar-refractivity contribution in [1.82, 2.24) is 19.4 Å². The van der Waals surface area contributed by atoms with Gasteiger partial charge in [-0.05, 0) is 24.9 Å². The van der Waals surface area contributed by atoms with Gasteiger partial charge in [0.15, 0.2) is 0 Å². The van der Waals surface area contributed by atoms with E-state index in [0.717, 1.165) is 44.8 Å². The Morgan fingerprint density at radius 3 is 2.80 bits per heavy atom. The number of imidazole rings is 1. The fraction of sp³-hybridized carbons (Fsp3) is 0.474. The number of ether oxygens (including phenoxy) is 1. The van der Waals surface area contributed by atoms with Gasteiger partial charge in [0.1, 0.15) is 11.4 Å². The number of rotatable bonds is 4. The fourth-order valence-electron chi connectivity index (χ4n) is 3.95. The number of likely N-dealkylation sites (N-methyl/N-ethyl adjacent to an activating group) is 1. The molecule has 0 unspecified atom stereocenters. The summed E-state index contributed by atoms with van der Waals surface area (Å²) in [6.07, 6.45) is 5.68. The monoisotopic (exact) mass is 340 g/mol. The Balaban J connectivity index is 1.44. The average Bonchev–Trinajstić information content (AvgIpc) is 3.13. The second kappa shape index (κ2) is 6.52. The second-order valence-corrected chi connectivity index (χ2v) is 7.18. The predicted octanol–water partition coefficient (Wildman–Crippen LogP) is 2.35. The van der Waals surface area contributed by atoms with Gasteiger partial charge in [-0.1, -0.05) is 30.3 Å². The van der Waals surface area contributed by atoms with Crippen molar-refractivity contribution in [2.24, 2.45) is 0 Å². The van der Waals surface area contributed by atoms with Crippen LogP contribution in [0.15, 0.2) is 42.7 Å². The summed E-state index contributed by atoms with van der Waals surface area (Å²) in [7, 11) is 1.81. The molecule has 2 fully saturated rings. The van der Waals surface area contributed by atoms with Crippen molar-refractivity contribution in [3.63, 3.8) is 0 Å². The summed E-state index contributed by atoms with van der Waals surface area (Å²) >= 11 is 0. The van der Waals surface area contributed by atoms with E-state index in [-0.39, 0.29) is 11.7 Å². The Morgan fingerprint density at radius 1 is 1.20 bits per heavy atom. The van der Waals surface area contributed by atoms with Crippen LogP contribution in [0.5, 0.6) is 0 Å². The number of hydrogen-bond donors (Lipinski definition) is 0. The number of nitrogens with zero attached hydrogens (tertiary/aromatic N) is 4. The molecule has 0 bridgehead atoms. The molecule has 4 rings (SSSR count). The van der Waals surface area contributed by atoms with E-state index < -0.39 is 0 Å². The minimum absolute atomic E-state index is 0.201. The van der Waals surface area contributed by atoms with E-state index in [4.69, 9.17) is 4.74 Å². The Bertz CT molecular complexity index is 745. The van der Waals surface area contributed by atoms with E-state index in [0.29, 0.717) is 6.54 Å². The molecule has 1 amide bonds. The lowest BCUT2D eigenvalue weighted by Gasteiger charge is -2.38. The van der Waals surface area contributed by atoms with E-state index in [1.165, 1.54) is 5.56 Å². The normalized spacial score (nSPS) is 24.0. The Kier molecular flexibility index (Phi) is 4.21. The smallest absolute Gasteiger partial charge is 0.410 e. The van der Waals surface area contributed by atoms with E-state index in [1.54, 1.807) is 4.90 Å². The van der Waals surface area contributed by atoms with Gasteiger partial charge in [0, 0.05) is 32.5 Å². The summed E-state index contributed by atoms with van der Waals surface area (Å²) in [6, 6.07) is 10.4. The van der Waals surface area contributed by atoms with Crippen LogP contribution in [0.25, 0.3) is 0 Å². The van der Waals surface area contributed by atoms with Crippen molar-refractivity contribution in [3.05, 3.63) is 54.1 Å². The number of aromatic nitrogens is 2. The fourth-order valence-corrected chi connectivity index (χ4v) is 3.95. The lowest BCUT2D eigenvalue weighted by molar-refractivity contribution is -0.0122. The molecule has 6 nitrogen and oxygen atoms in total. The number of carbonyl (C=O) groups excluding carboxylic acids is 1. The molecule has 25 heavy (non-hydrogen) atoms. The summed E-state index contributed by atoms with van der Waals surface area (Å²) < 4.78 is 7.89. The molecule has 0 radical (unpaired) electrons. The zero-order valence-electron chi connectivity index (χ0n) is 14.6. The van der Waals surface area contributed by atoms with E-state index in [2.05, 4.69) is 38.7 Å². The Labute approximate surface area is 148 Å². The van der Waals surface area contributed by atoms with Gasteiger partial charge >= 0.3 is 6.09 Å². The topological polar surface area (TPSA) is 50.6 Å². The quantitative estimate of drug-likeness (QED) is 0.857. The van der Waals surface area contributed by atoms with Crippen LogP contribution in [0.4, 0.5) is 4.79 Å². The molecule has 0 saturated carbocycles. The summed E-state index contributed by atoms with van der Waals surface area (Å²) in [5.74, 6) is 1.05. The lowest BCUT2D eigenvalue weighted by atomic mass is 9.93. The van der Waals surface area contributed by atoms with Gasteiger partial charge < -0.3 is 14.2 Å². The number of piperidine rings is 1. The molecular formula is C19H24N4O2. The molecule has 132 valence electrons. The van der Waals surface area contributed by atoms with Crippen LogP contribution in [0.1, 0.15) is 24.2 Å². The maximum atomic E-state index is 11.8. The van der Waals surface area contributed by atoms with E-state index in [9.17, 15) is 4.79 Å². The first-order chi connectivity index (χ1) is 12.1. The summed E-state index contributed by atoms with van der Waals surface area (Å²) in [4.78, 5) is 20.4. The number of carbonyl (C=O) groups is 1. The van der Waals surface area contributed by atoms with Crippen LogP contribution >= 0.6 is 0 Å². The highest BCUT2D eigenvalue weighted by atomic mass is 16.6. The zero-order valence-corrected chi connectivity index (χ0v) is 14.6. The van der Waals surface area contributed by atoms with E-state index >= 15 is 0 Å². The molecule has 1 atom stereocenters. The maximum Gasteiger partial charge on any atom is 0.410 e. The lowest BCUT2D eigenvalue weighted by Crippen LogP contribution is -2.50. The van der Waals surface area contributed by atoms with Crippen molar-refractivity contribution in [3.8, 4) is 0 Å². The van der Waals surface area contributed by atoms with Crippen LogP contribution in [0.2, 0.25) is 0 Å². The number of benzene rings is 1. The Hall–Kier alpha value is -2.34. The van der Waals surface area contributed by atoms with Crippen molar-refractivity contribution in [1.29, 1.82) is 0 Å². The van der Waals surface area contributed by atoms with Crippen LogP contribution in [-0.2, 0) is 17.8 Å². The van der Waals surface area contributed by atoms with E-state index in [1.807, 2.05) is 25.5 Å². The largest absolute Gasteiger partial charge is 0.440 e. The molecular weight excluding hydrogens is 316 g/mol. The molecule has 1 aromatic heterocycles. The van der Waals surface area contributed by atoms with Crippen LogP contribution < -0.4 is 0 Å². The highest BCUT2D eigenvalue weighted by molar-refractivity contribution is 5.70. The third kappa shape index (κ3) is 3.39. The SMILES string of the molecule is CN1C[C@]2(CCCN(Cc3nccn3Cc3ccccc3)C2)OC1=O. The summed E-state index contributed by atoms with van der Waals surface area (Å²) in [6.45, 7) is 4.08. The van der Waals surface area contributed by atoms with Gasteiger partial charge in [-0.3, -0.25) is 4.90 Å². The molecule has 3 heterocycles. The first-order valence-corrected chi connectivity index (χ1v) is 8.84. The van der Waals surface area contributed by atoms with Crippen LogP contribution in [-0.4, -0.2) is 57.7 Å². The highest BCUT2D eigenvalue weighted by Gasteiger charge is 2.46. The summed E-state index contributed by atoms with van der Waals surface area (Å²) in [5, 5.41) is 0. The first kappa shape index (κ1) is 16.1. The van der Waals surface area contributed by atoms with Gasteiger partial charge in [-0.25, -0.2) is 9.78 Å². The van der Waals surface area contributed by atoms with Crippen molar-refractivity contribution >= 4 is 6.09 Å². The van der Waals surface area contributed by atoms with Crippen molar-refractivity contribution < 1.29 is 9.53 Å². The third-order valence-corrected chi connectivity index (χ3v) is 5.12. The van der Waals surface area contributed by atoms with Gasteiger partial charge in [0.2, 0.25) is 0 Å². The Morgan fingerprint density at radius 2 is 2.04 bits per heavy atom. The molecule has 0 aliphatic carbocycles. The van der Waals surface area contributed by atoms with Gasteiger partial charge in [-0.2, -0.15) is 0 Å². The summed E-state index contributed by atoms with van der Waals surface area (Å²) in [5.41, 5.74) is 0.921. The second-order valence-electron chi connectivity index (χ2n) is 7.18. The van der Waals surface area contributed by atoms with Gasteiger partial charge in [-0.15, -0.1) is 0 Å². The minimum atomic E-state index is -0.346. The molecule has 2 aliphatic rings. The first-order valence-electron chi connectivity index (χ1n) is 8.84. The standard InChI is InChI=1S/C19H24N4O2/c1-21-14-19(25-18(21)24)8-5-10-22(15-19)13-17-20-9-11-23(17)12-16-6-3-2-4-7-16/h2-4,6-7,9,11H,5,8,10,12-15H2,1H3/t19-/m0/s1. The van der Waals surface area contributed by atoms with Gasteiger partial charge in [0.25, 0.3) is 0 Å².